The second-order valence-corrected chi connectivity index (χ2v) is 8.04. The highest BCUT2D eigenvalue weighted by Crippen LogP contribution is 2.30. The van der Waals surface area contributed by atoms with Gasteiger partial charge in [0.1, 0.15) is 6.54 Å². The number of rotatable bonds is 7. The molecule has 1 N–H and O–H groups in total. The van der Waals surface area contributed by atoms with Crippen LogP contribution in [0.5, 0.6) is 0 Å². The number of hydrogen-bond acceptors (Lipinski definition) is 6. The maximum Gasteiger partial charge on any atom is 0.442 e. The van der Waals surface area contributed by atoms with Gasteiger partial charge in [0, 0.05) is 19.6 Å². The van der Waals surface area contributed by atoms with Crippen molar-refractivity contribution >= 4 is 33.7 Å². The molecular formula is C11H17F3N2O6S2. The number of hydrogen-bond donors (Lipinski definition) is 1. The summed E-state index contributed by atoms with van der Waals surface area (Å²) in [6.07, 6.45) is 0.0226. The highest BCUT2D eigenvalue weighted by molar-refractivity contribution is 8.00. The lowest BCUT2D eigenvalue weighted by Gasteiger charge is -2.34. The molecule has 0 aliphatic carbocycles. The number of carboxylic acids is 1. The van der Waals surface area contributed by atoms with Gasteiger partial charge in [0.15, 0.2) is 0 Å². The van der Waals surface area contributed by atoms with E-state index >= 15 is 0 Å². The van der Waals surface area contributed by atoms with Crippen molar-refractivity contribution < 1.29 is 41.0 Å². The minimum absolute atomic E-state index is 0.0256. The van der Waals surface area contributed by atoms with Gasteiger partial charge in [-0.1, -0.05) is 0 Å². The maximum atomic E-state index is 12.1. The second kappa shape index (κ2) is 8.36. The molecule has 1 atom stereocenters. The molecule has 1 fully saturated rings. The number of sulfonamides is 1. The number of carbonyl (C=O) groups excluding carboxylic acids is 1. The van der Waals surface area contributed by atoms with Gasteiger partial charge >= 0.3 is 11.5 Å². The number of carboxylic acid groups (broad SMARTS) is 1. The number of nitrogens with zero attached hydrogens (tertiary/aromatic N) is 2. The summed E-state index contributed by atoms with van der Waals surface area (Å²) in [5.74, 6) is -2.87. The SMILES string of the molecule is CS(=O)(=O)N(CC(=O)O)CC1CN(C(=O)CSC(F)(F)F)CCO1. The molecule has 1 unspecified atom stereocenters. The number of thioether (sulfide) groups is 1. The third-order valence-electron chi connectivity index (χ3n) is 3.04. The van der Waals surface area contributed by atoms with Crippen LogP contribution in [0.2, 0.25) is 0 Å². The van der Waals surface area contributed by atoms with Crippen molar-refractivity contribution in [1.29, 1.82) is 0 Å². The number of halogens is 3. The van der Waals surface area contributed by atoms with Crippen LogP contribution in [0.1, 0.15) is 0 Å². The zero-order chi connectivity index (χ0) is 18.5. The molecule has 0 radical (unpaired) electrons. The molecule has 0 bridgehead atoms. The normalized spacial score (nSPS) is 19.5. The summed E-state index contributed by atoms with van der Waals surface area (Å²) in [7, 11) is -3.81. The van der Waals surface area contributed by atoms with Gasteiger partial charge in [0.2, 0.25) is 15.9 Å². The zero-order valence-electron chi connectivity index (χ0n) is 12.7. The van der Waals surface area contributed by atoms with Crippen molar-refractivity contribution in [3.63, 3.8) is 0 Å². The Morgan fingerprint density at radius 1 is 1.42 bits per heavy atom. The van der Waals surface area contributed by atoms with Crippen LogP contribution in [0.25, 0.3) is 0 Å². The van der Waals surface area contributed by atoms with E-state index in [4.69, 9.17) is 9.84 Å². The van der Waals surface area contributed by atoms with E-state index in [1.54, 1.807) is 0 Å². The van der Waals surface area contributed by atoms with Gasteiger partial charge in [-0.15, -0.1) is 0 Å². The number of carbonyl (C=O) groups is 2. The van der Waals surface area contributed by atoms with E-state index in [2.05, 4.69) is 0 Å². The van der Waals surface area contributed by atoms with Crippen LogP contribution in [0.15, 0.2) is 0 Å². The third kappa shape index (κ3) is 7.68. The van der Waals surface area contributed by atoms with Gasteiger partial charge < -0.3 is 14.7 Å². The molecular weight excluding hydrogens is 377 g/mol. The average Bonchev–Trinajstić information content (AvgIpc) is 2.42. The Labute approximate surface area is 141 Å². The van der Waals surface area contributed by atoms with E-state index in [0.717, 1.165) is 11.2 Å². The Bertz CT molecular complexity index is 569. The quantitative estimate of drug-likeness (QED) is 0.638. The van der Waals surface area contributed by atoms with Crippen LogP contribution in [0.4, 0.5) is 13.2 Å². The lowest BCUT2D eigenvalue weighted by molar-refractivity contribution is -0.140. The third-order valence-corrected chi connectivity index (χ3v) is 4.97. The molecule has 0 aromatic carbocycles. The van der Waals surface area contributed by atoms with Crippen LogP contribution < -0.4 is 0 Å². The van der Waals surface area contributed by atoms with E-state index in [0.29, 0.717) is 4.31 Å². The molecule has 24 heavy (non-hydrogen) atoms. The Morgan fingerprint density at radius 2 is 2.04 bits per heavy atom. The highest BCUT2D eigenvalue weighted by Gasteiger charge is 2.33. The zero-order valence-corrected chi connectivity index (χ0v) is 14.3. The number of alkyl halides is 3. The number of morpholine rings is 1. The van der Waals surface area contributed by atoms with Gasteiger partial charge in [-0.05, 0) is 11.8 Å². The average molecular weight is 394 g/mol. The molecule has 0 aromatic heterocycles. The minimum atomic E-state index is -4.52. The lowest BCUT2D eigenvalue weighted by Crippen LogP contribution is -2.51. The van der Waals surface area contributed by atoms with E-state index < -0.39 is 57.6 Å². The molecule has 0 spiro atoms. The van der Waals surface area contributed by atoms with Crippen molar-refractivity contribution in [1.82, 2.24) is 9.21 Å². The van der Waals surface area contributed by atoms with Crippen LogP contribution in [-0.2, 0) is 24.3 Å². The first-order valence-electron chi connectivity index (χ1n) is 6.65. The van der Waals surface area contributed by atoms with Crippen molar-refractivity contribution in [3.8, 4) is 0 Å². The van der Waals surface area contributed by atoms with E-state index in [1.807, 2.05) is 0 Å². The van der Waals surface area contributed by atoms with Gasteiger partial charge in [0.05, 0.1) is 24.7 Å². The van der Waals surface area contributed by atoms with E-state index in [-0.39, 0.29) is 26.2 Å². The Hall–Kier alpha value is -1.05. The number of aliphatic carboxylic acids is 1. The standard InChI is InChI=1S/C11H17F3N2O6S2/c1-24(20,21)16(6-10(18)19)5-8-4-15(2-3-22-8)9(17)7-23-11(12,13)14/h8H,2-7H2,1H3,(H,18,19). The van der Waals surface area contributed by atoms with Crippen molar-refractivity contribution in [3.05, 3.63) is 0 Å². The molecule has 140 valence electrons. The Morgan fingerprint density at radius 3 is 2.54 bits per heavy atom. The number of ether oxygens (including phenoxy) is 1. The van der Waals surface area contributed by atoms with Crippen LogP contribution >= 0.6 is 11.8 Å². The summed E-state index contributed by atoms with van der Waals surface area (Å²) in [6, 6.07) is 0. The fourth-order valence-electron chi connectivity index (χ4n) is 1.99. The number of amides is 1. The molecule has 1 rings (SSSR count). The fourth-order valence-corrected chi connectivity index (χ4v) is 3.24. The van der Waals surface area contributed by atoms with Gasteiger partial charge in [-0.3, -0.25) is 9.59 Å². The molecule has 1 aliphatic heterocycles. The smallest absolute Gasteiger partial charge is 0.442 e. The summed E-state index contributed by atoms with van der Waals surface area (Å²) in [4.78, 5) is 23.7. The van der Waals surface area contributed by atoms with Gasteiger partial charge in [0.25, 0.3) is 0 Å². The Balaban J connectivity index is 2.64. The van der Waals surface area contributed by atoms with Gasteiger partial charge in [-0.2, -0.15) is 17.5 Å². The first-order chi connectivity index (χ1) is 10.9. The molecule has 8 nitrogen and oxygen atoms in total. The predicted octanol–water partition coefficient (Wildman–Crippen LogP) is -0.187. The molecule has 1 heterocycles. The van der Waals surface area contributed by atoms with Crippen LogP contribution in [0, 0.1) is 0 Å². The van der Waals surface area contributed by atoms with Crippen molar-refractivity contribution in [2.75, 3.05) is 44.8 Å². The monoisotopic (exact) mass is 394 g/mol. The highest BCUT2D eigenvalue weighted by atomic mass is 32.2. The molecule has 1 amide bonds. The van der Waals surface area contributed by atoms with Crippen LogP contribution in [0.3, 0.4) is 0 Å². The summed E-state index contributed by atoms with van der Waals surface area (Å²) >= 11 is -0.453. The van der Waals surface area contributed by atoms with E-state index in [9.17, 15) is 31.2 Å². The summed E-state index contributed by atoms with van der Waals surface area (Å²) in [5, 5.41) is 8.74. The lowest BCUT2D eigenvalue weighted by atomic mass is 10.2. The largest absolute Gasteiger partial charge is 0.480 e. The summed E-state index contributed by atoms with van der Waals surface area (Å²) < 4.78 is 65.5. The topological polar surface area (TPSA) is 104 Å². The molecule has 0 saturated carbocycles. The molecule has 1 saturated heterocycles. The van der Waals surface area contributed by atoms with E-state index in [1.165, 1.54) is 0 Å². The molecule has 1 aliphatic rings. The van der Waals surface area contributed by atoms with Gasteiger partial charge in [-0.25, -0.2) is 8.42 Å². The van der Waals surface area contributed by atoms with Crippen molar-refractivity contribution in [2.24, 2.45) is 0 Å². The second-order valence-electron chi connectivity index (χ2n) is 5.02. The fraction of sp³-hybridized carbons (Fsp3) is 0.818. The van der Waals surface area contributed by atoms with Crippen LogP contribution in [-0.4, -0.2) is 91.0 Å². The van der Waals surface area contributed by atoms with Crippen molar-refractivity contribution in [2.45, 2.75) is 11.6 Å². The predicted molar refractivity (Wildman–Crippen MR) is 78.9 cm³/mol. The summed E-state index contributed by atoms with van der Waals surface area (Å²) in [5.41, 5.74) is -4.52. The Kier molecular flexibility index (Phi) is 7.31. The minimum Gasteiger partial charge on any atom is -0.480 e. The molecule has 0 aromatic rings. The first kappa shape index (κ1) is 21.0. The first-order valence-corrected chi connectivity index (χ1v) is 9.49. The molecule has 13 heteroatoms. The summed E-state index contributed by atoms with van der Waals surface area (Å²) in [6.45, 7) is -1.07. The maximum absolute atomic E-state index is 12.1.